The fraction of sp³-hybridized carbons (Fsp3) is 0.611. The maximum absolute atomic E-state index is 12.0. The van der Waals surface area contributed by atoms with Crippen LogP contribution in [0.5, 0.6) is 0 Å². The summed E-state index contributed by atoms with van der Waals surface area (Å²) in [6.45, 7) is 7.23. The van der Waals surface area contributed by atoms with Gasteiger partial charge in [-0.2, -0.15) is 0 Å². The van der Waals surface area contributed by atoms with E-state index in [0.29, 0.717) is 5.92 Å². The third-order valence-corrected chi connectivity index (χ3v) is 4.08. The number of nitrogens with two attached hydrogens (primary N) is 1. The number of hydrogen-bond donors (Lipinski definition) is 1. The third kappa shape index (κ3) is 6.40. The third-order valence-electron chi connectivity index (χ3n) is 4.08. The van der Waals surface area contributed by atoms with Crippen LogP contribution in [0.15, 0.2) is 30.3 Å². The van der Waals surface area contributed by atoms with Crippen molar-refractivity contribution >= 4 is 18.5 Å². The molecular formula is C18H29ClN2O2. The fourth-order valence-electron chi connectivity index (χ4n) is 2.87. The van der Waals surface area contributed by atoms with Gasteiger partial charge in [-0.25, -0.2) is 4.79 Å². The number of hydrogen-bond acceptors (Lipinski definition) is 3. The van der Waals surface area contributed by atoms with Gasteiger partial charge in [-0.3, -0.25) is 0 Å². The van der Waals surface area contributed by atoms with Crippen LogP contribution in [-0.4, -0.2) is 29.7 Å². The molecule has 1 amide bonds. The molecule has 2 N–H and O–H groups in total. The van der Waals surface area contributed by atoms with Gasteiger partial charge in [-0.05, 0) is 51.5 Å². The molecule has 0 spiro atoms. The Hall–Kier alpha value is -1.26. The van der Waals surface area contributed by atoms with E-state index >= 15 is 0 Å². The number of rotatable bonds is 3. The summed E-state index contributed by atoms with van der Waals surface area (Å²) in [5.74, 6) is 0.578. The highest BCUT2D eigenvalue weighted by Gasteiger charge is 2.27. The van der Waals surface area contributed by atoms with Gasteiger partial charge < -0.3 is 15.4 Å². The van der Waals surface area contributed by atoms with Crippen LogP contribution in [0.4, 0.5) is 4.79 Å². The molecule has 1 aliphatic rings. The SMILES string of the molecule is CC(C)(C)OC(=O)N1CCC(CC(N)c2ccccc2)CC1.Cl. The normalized spacial score (nSPS) is 17.3. The van der Waals surface area contributed by atoms with Gasteiger partial charge in [0.05, 0.1) is 0 Å². The molecule has 5 heteroatoms. The second-order valence-electron chi connectivity index (χ2n) is 7.16. The van der Waals surface area contributed by atoms with Crippen molar-refractivity contribution in [2.24, 2.45) is 11.7 Å². The van der Waals surface area contributed by atoms with Crippen molar-refractivity contribution in [3.8, 4) is 0 Å². The molecule has 1 heterocycles. The average molecular weight is 341 g/mol. The molecule has 0 aromatic heterocycles. The number of carbonyl (C=O) groups excluding carboxylic acids is 1. The summed E-state index contributed by atoms with van der Waals surface area (Å²) >= 11 is 0. The number of likely N-dealkylation sites (tertiary alicyclic amines) is 1. The van der Waals surface area contributed by atoms with E-state index < -0.39 is 5.60 Å². The summed E-state index contributed by atoms with van der Waals surface area (Å²) in [5, 5.41) is 0. The van der Waals surface area contributed by atoms with Gasteiger partial charge in [0.2, 0.25) is 0 Å². The summed E-state index contributed by atoms with van der Waals surface area (Å²) in [4.78, 5) is 13.9. The Morgan fingerprint density at radius 1 is 1.26 bits per heavy atom. The zero-order chi connectivity index (χ0) is 16.2. The number of amides is 1. The van der Waals surface area contributed by atoms with E-state index in [9.17, 15) is 4.79 Å². The molecular weight excluding hydrogens is 312 g/mol. The minimum absolute atomic E-state index is 0. The van der Waals surface area contributed by atoms with Crippen LogP contribution in [-0.2, 0) is 4.74 Å². The van der Waals surface area contributed by atoms with Crippen molar-refractivity contribution in [2.45, 2.75) is 51.7 Å². The highest BCUT2D eigenvalue weighted by Crippen LogP contribution is 2.27. The Morgan fingerprint density at radius 2 is 1.83 bits per heavy atom. The zero-order valence-electron chi connectivity index (χ0n) is 14.3. The van der Waals surface area contributed by atoms with Crippen LogP contribution in [0.25, 0.3) is 0 Å². The van der Waals surface area contributed by atoms with Gasteiger partial charge in [0, 0.05) is 19.1 Å². The Bertz CT molecular complexity index is 480. The minimum Gasteiger partial charge on any atom is -0.444 e. The molecule has 0 bridgehead atoms. The molecule has 4 nitrogen and oxygen atoms in total. The molecule has 0 radical (unpaired) electrons. The number of halogens is 1. The first kappa shape index (κ1) is 19.8. The number of nitrogens with zero attached hydrogens (tertiary/aromatic N) is 1. The van der Waals surface area contributed by atoms with Gasteiger partial charge in [0.1, 0.15) is 5.60 Å². The predicted molar refractivity (Wildman–Crippen MR) is 95.8 cm³/mol. The van der Waals surface area contributed by atoms with E-state index in [1.54, 1.807) is 0 Å². The van der Waals surface area contributed by atoms with Crippen LogP contribution in [0.2, 0.25) is 0 Å². The average Bonchev–Trinajstić information content (AvgIpc) is 2.47. The van der Waals surface area contributed by atoms with Gasteiger partial charge in [-0.1, -0.05) is 30.3 Å². The van der Waals surface area contributed by atoms with E-state index in [1.165, 1.54) is 5.56 Å². The van der Waals surface area contributed by atoms with E-state index in [-0.39, 0.29) is 24.5 Å². The maximum Gasteiger partial charge on any atom is 0.410 e. The largest absolute Gasteiger partial charge is 0.444 e. The maximum atomic E-state index is 12.0. The molecule has 1 saturated heterocycles. The van der Waals surface area contributed by atoms with Gasteiger partial charge >= 0.3 is 6.09 Å². The molecule has 0 saturated carbocycles. The highest BCUT2D eigenvalue weighted by atomic mass is 35.5. The summed E-state index contributed by atoms with van der Waals surface area (Å²) in [6, 6.07) is 10.3. The first-order chi connectivity index (χ1) is 10.3. The Labute approximate surface area is 145 Å². The van der Waals surface area contributed by atoms with Crippen LogP contribution in [0.3, 0.4) is 0 Å². The Morgan fingerprint density at radius 3 is 2.35 bits per heavy atom. The second-order valence-corrected chi connectivity index (χ2v) is 7.16. The number of carbonyl (C=O) groups is 1. The fourth-order valence-corrected chi connectivity index (χ4v) is 2.87. The molecule has 1 aromatic rings. The molecule has 1 aromatic carbocycles. The lowest BCUT2D eigenvalue weighted by molar-refractivity contribution is 0.0179. The Kier molecular flexibility index (Phi) is 7.36. The smallest absolute Gasteiger partial charge is 0.410 e. The molecule has 1 fully saturated rings. The minimum atomic E-state index is -0.427. The molecule has 1 aliphatic heterocycles. The molecule has 130 valence electrons. The summed E-state index contributed by atoms with van der Waals surface area (Å²) < 4.78 is 5.43. The van der Waals surface area contributed by atoms with Crippen LogP contribution < -0.4 is 5.73 Å². The second kappa shape index (κ2) is 8.55. The van der Waals surface area contributed by atoms with Gasteiger partial charge in [-0.15, -0.1) is 12.4 Å². The van der Waals surface area contributed by atoms with Gasteiger partial charge in [0.25, 0.3) is 0 Å². The summed E-state index contributed by atoms with van der Waals surface area (Å²) in [6.07, 6.45) is 2.78. The monoisotopic (exact) mass is 340 g/mol. The first-order valence-corrected chi connectivity index (χ1v) is 8.13. The van der Waals surface area contributed by atoms with Gasteiger partial charge in [0.15, 0.2) is 0 Å². The van der Waals surface area contributed by atoms with Crippen LogP contribution in [0, 0.1) is 5.92 Å². The lowest BCUT2D eigenvalue weighted by atomic mass is 9.88. The standard InChI is InChI=1S/C18H28N2O2.ClH/c1-18(2,3)22-17(21)20-11-9-14(10-12-20)13-16(19)15-7-5-4-6-8-15;/h4-8,14,16H,9-13,19H2,1-3H3;1H. The molecule has 0 aliphatic carbocycles. The summed E-state index contributed by atoms with van der Waals surface area (Å²) in [7, 11) is 0. The van der Waals surface area contributed by atoms with Crippen molar-refractivity contribution in [3.05, 3.63) is 35.9 Å². The van der Waals surface area contributed by atoms with Crippen LogP contribution >= 0.6 is 12.4 Å². The first-order valence-electron chi connectivity index (χ1n) is 8.13. The van der Waals surface area contributed by atoms with Crippen molar-refractivity contribution in [1.29, 1.82) is 0 Å². The number of ether oxygens (including phenoxy) is 1. The van der Waals surface area contributed by atoms with E-state index in [2.05, 4.69) is 12.1 Å². The topological polar surface area (TPSA) is 55.6 Å². The van der Waals surface area contributed by atoms with E-state index in [0.717, 1.165) is 32.4 Å². The van der Waals surface area contributed by atoms with E-state index in [4.69, 9.17) is 10.5 Å². The zero-order valence-corrected chi connectivity index (χ0v) is 15.1. The Balaban J connectivity index is 0.00000264. The van der Waals surface area contributed by atoms with Crippen molar-refractivity contribution < 1.29 is 9.53 Å². The molecule has 2 rings (SSSR count). The highest BCUT2D eigenvalue weighted by molar-refractivity contribution is 5.85. The number of piperidine rings is 1. The molecule has 23 heavy (non-hydrogen) atoms. The lowest BCUT2D eigenvalue weighted by Gasteiger charge is -2.34. The predicted octanol–water partition coefficient (Wildman–Crippen LogP) is 4.15. The molecule has 1 unspecified atom stereocenters. The quantitative estimate of drug-likeness (QED) is 0.899. The molecule has 1 atom stereocenters. The van der Waals surface area contributed by atoms with Crippen LogP contribution in [0.1, 0.15) is 51.6 Å². The van der Waals surface area contributed by atoms with Crippen molar-refractivity contribution in [3.63, 3.8) is 0 Å². The summed E-state index contributed by atoms with van der Waals surface area (Å²) in [5.41, 5.74) is 7.06. The van der Waals surface area contributed by atoms with Crippen molar-refractivity contribution in [2.75, 3.05) is 13.1 Å². The van der Waals surface area contributed by atoms with E-state index in [1.807, 2.05) is 43.9 Å². The van der Waals surface area contributed by atoms with Crippen molar-refractivity contribution in [1.82, 2.24) is 4.90 Å². The lowest BCUT2D eigenvalue weighted by Crippen LogP contribution is -2.42. The number of benzene rings is 1.